The van der Waals surface area contributed by atoms with Crippen LogP contribution in [0.5, 0.6) is 0 Å². The molecule has 18 heavy (non-hydrogen) atoms. The third-order valence-corrected chi connectivity index (χ3v) is 2.11. The second-order valence-electron chi connectivity index (χ2n) is 3.53. The lowest BCUT2D eigenvalue weighted by Gasteiger charge is -2.14. The van der Waals surface area contributed by atoms with E-state index in [1.165, 1.54) is 7.11 Å². The highest BCUT2D eigenvalue weighted by atomic mass is 16.5. The number of carbonyl (C=O) groups excluding carboxylic acids is 1. The van der Waals surface area contributed by atoms with Gasteiger partial charge in [0.25, 0.3) is 0 Å². The summed E-state index contributed by atoms with van der Waals surface area (Å²) in [6, 6.07) is 1.92. The molecule has 1 rings (SSSR count). The summed E-state index contributed by atoms with van der Waals surface area (Å²) in [7, 11) is 1.37. The summed E-state index contributed by atoms with van der Waals surface area (Å²) < 4.78 is 4.70. The van der Waals surface area contributed by atoms with Crippen LogP contribution in [-0.2, 0) is 16.1 Å². The van der Waals surface area contributed by atoms with Crippen molar-refractivity contribution < 1.29 is 19.4 Å². The number of ether oxygens (including phenoxy) is 1. The van der Waals surface area contributed by atoms with Gasteiger partial charge in [0, 0.05) is 26.0 Å². The first-order chi connectivity index (χ1) is 8.63. The minimum Gasteiger partial charge on any atom is -0.480 e. The lowest BCUT2D eigenvalue weighted by atomic mass is 10.3. The molecule has 1 unspecified atom stereocenters. The third kappa shape index (κ3) is 4.79. The highest BCUT2D eigenvalue weighted by molar-refractivity contribution is 5.82. The van der Waals surface area contributed by atoms with Crippen LogP contribution in [0.4, 0.5) is 4.79 Å². The van der Waals surface area contributed by atoms with Gasteiger partial charge in [-0.15, -0.1) is 0 Å². The number of nitrogens with one attached hydrogen (secondary N) is 2. The van der Waals surface area contributed by atoms with Crippen molar-refractivity contribution in [2.45, 2.75) is 12.6 Å². The second kappa shape index (κ2) is 7.23. The second-order valence-corrected chi connectivity index (χ2v) is 3.53. The van der Waals surface area contributed by atoms with Gasteiger partial charge in [-0.05, 0) is 11.6 Å². The summed E-state index contributed by atoms with van der Waals surface area (Å²) >= 11 is 0. The molecule has 7 nitrogen and oxygen atoms in total. The molecule has 0 fully saturated rings. The van der Waals surface area contributed by atoms with Crippen molar-refractivity contribution in [2.75, 3.05) is 13.7 Å². The Morgan fingerprint density at radius 2 is 2.33 bits per heavy atom. The number of carbonyl (C=O) groups is 2. The van der Waals surface area contributed by atoms with Gasteiger partial charge in [0.15, 0.2) is 6.04 Å². The van der Waals surface area contributed by atoms with Gasteiger partial charge in [0.2, 0.25) is 0 Å². The van der Waals surface area contributed by atoms with E-state index < -0.39 is 18.0 Å². The largest absolute Gasteiger partial charge is 0.480 e. The fourth-order valence-corrected chi connectivity index (χ4v) is 1.24. The highest BCUT2D eigenvalue weighted by Gasteiger charge is 2.19. The van der Waals surface area contributed by atoms with Crippen LogP contribution in [0.25, 0.3) is 0 Å². The molecule has 1 atom stereocenters. The van der Waals surface area contributed by atoms with Gasteiger partial charge in [-0.1, -0.05) is 6.07 Å². The van der Waals surface area contributed by atoms with Gasteiger partial charge in [0.1, 0.15) is 0 Å². The van der Waals surface area contributed by atoms with Gasteiger partial charge in [0.05, 0.1) is 6.61 Å². The van der Waals surface area contributed by atoms with E-state index >= 15 is 0 Å². The summed E-state index contributed by atoms with van der Waals surface area (Å²) in [5.41, 5.74) is 0.825. The molecule has 98 valence electrons. The van der Waals surface area contributed by atoms with Crippen molar-refractivity contribution in [1.29, 1.82) is 0 Å². The molecule has 1 aromatic rings. The van der Waals surface area contributed by atoms with Gasteiger partial charge in [-0.3, -0.25) is 4.98 Å². The molecule has 0 bridgehead atoms. The number of rotatable bonds is 6. The number of methoxy groups -OCH3 is 1. The number of pyridine rings is 1. The maximum atomic E-state index is 11.4. The molecule has 0 aliphatic carbocycles. The quantitative estimate of drug-likeness (QED) is 0.661. The molecule has 2 amide bonds. The molecule has 0 aliphatic heterocycles. The van der Waals surface area contributed by atoms with E-state index in [-0.39, 0.29) is 13.2 Å². The Balaban J connectivity index is 2.39. The summed E-state index contributed by atoms with van der Waals surface area (Å²) in [4.78, 5) is 26.1. The summed E-state index contributed by atoms with van der Waals surface area (Å²) in [5, 5.41) is 13.6. The SMILES string of the molecule is COCC(NC(=O)NCc1cccnc1)C(=O)O. The first kappa shape index (κ1) is 13.9. The number of aliphatic carboxylic acids is 1. The molecular formula is C11H15N3O4. The minimum absolute atomic E-state index is 0.0877. The van der Waals surface area contributed by atoms with Gasteiger partial charge < -0.3 is 20.5 Å². The number of hydrogen-bond acceptors (Lipinski definition) is 4. The number of nitrogens with zero attached hydrogens (tertiary/aromatic N) is 1. The average molecular weight is 253 g/mol. The zero-order valence-corrected chi connectivity index (χ0v) is 9.92. The van der Waals surface area contributed by atoms with Crippen molar-refractivity contribution in [3.63, 3.8) is 0 Å². The van der Waals surface area contributed by atoms with Gasteiger partial charge in [-0.2, -0.15) is 0 Å². The Kier molecular flexibility index (Phi) is 5.59. The molecule has 0 aliphatic rings. The van der Waals surface area contributed by atoms with Crippen LogP contribution in [0.3, 0.4) is 0 Å². The van der Waals surface area contributed by atoms with Crippen LogP contribution in [0.1, 0.15) is 5.56 Å². The summed E-state index contributed by atoms with van der Waals surface area (Å²) in [5.74, 6) is -1.15. The number of urea groups is 1. The predicted octanol–water partition coefficient (Wildman–Crippen LogP) is -0.0196. The molecule has 0 aromatic carbocycles. The fraction of sp³-hybridized carbons (Fsp3) is 0.364. The van der Waals surface area contributed by atoms with Crippen molar-refractivity contribution >= 4 is 12.0 Å². The van der Waals surface area contributed by atoms with Crippen LogP contribution in [0.15, 0.2) is 24.5 Å². The monoisotopic (exact) mass is 253 g/mol. The van der Waals surface area contributed by atoms with Gasteiger partial charge in [-0.25, -0.2) is 9.59 Å². The fourth-order valence-electron chi connectivity index (χ4n) is 1.24. The van der Waals surface area contributed by atoms with Crippen LogP contribution in [0.2, 0.25) is 0 Å². The zero-order valence-electron chi connectivity index (χ0n) is 9.92. The number of carboxylic acids is 1. The lowest BCUT2D eigenvalue weighted by Crippen LogP contribution is -2.48. The van der Waals surface area contributed by atoms with E-state index in [0.29, 0.717) is 0 Å². The Morgan fingerprint density at radius 3 is 2.89 bits per heavy atom. The first-order valence-electron chi connectivity index (χ1n) is 5.28. The molecule has 1 aromatic heterocycles. The average Bonchev–Trinajstić information content (AvgIpc) is 2.37. The minimum atomic E-state index is -1.15. The smallest absolute Gasteiger partial charge is 0.328 e. The van der Waals surface area contributed by atoms with Crippen molar-refractivity contribution in [3.8, 4) is 0 Å². The standard InChI is InChI=1S/C11H15N3O4/c1-18-7-9(10(15)16)14-11(17)13-6-8-3-2-4-12-5-8/h2-5,9H,6-7H2,1H3,(H,15,16)(H2,13,14,17). The van der Waals surface area contributed by atoms with Crippen LogP contribution in [0, 0.1) is 0 Å². The van der Waals surface area contributed by atoms with E-state index in [1.807, 2.05) is 0 Å². The molecular weight excluding hydrogens is 238 g/mol. The molecule has 7 heteroatoms. The lowest BCUT2D eigenvalue weighted by molar-refractivity contribution is -0.140. The van der Waals surface area contributed by atoms with Crippen molar-refractivity contribution in [2.24, 2.45) is 0 Å². The number of hydrogen-bond donors (Lipinski definition) is 3. The van der Waals surface area contributed by atoms with E-state index in [4.69, 9.17) is 9.84 Å². The number of amides is 2. The third-order valence-electron chi connectivity index (χ3n) is 2.11. The first-order valence-corrected chi connectivity index (χ1v) is 5.28. The Morgan fingerprint density at radius 1 is 1.56 bits per heavy atom. The van der Waals surface area contributed by atoms with Gasteiger partial charge >= 0.3 is 12.0 Å². The molecule has 0 saturated carbocycles. The molecule has 1 heterocycles. The normalized spacial score (nSPS) is 11.6. The Bertz CT molecular complexity index is 397. The molecule has 0 saturated heterocycles. The van der Waals surface area contributed by atoms with Crippen LogP contribution < -0.4 is 10.6 Å². The van der Waals surface area contributed by atoms with Crippen LogP contribution in [-0.4, -0.2) is 41.8 Å². The Labute approximate surface area is 104 Å². The predicted molar refractivity (Wildman–Crippen MR) is 62.9 cm³/mol. The van der Waals surface area contributed by atoms with E-state index in [9.17, 15) is 9.59 Å². The molecule has 3 N–H and O–H groups in total. The van der Waals surface area contributed by atoms with E-state index in [2.05, 4.69) is 15.6 Å². The van der Waals surface area contributed by atoms with Crippen molar-refractivity contribution in [1.82, 2.24) is 15.6 Å². The maximum Gasteiger partial charge on any atom is 0.328 e. The maximum absolute atomic E-state index is 11.4. The van der Waals surface area contributed by atoms with E-state index in [1.54, 1.807) is 24.5 Å². The number of carboxylic acid groups (broad SMARTS) is 1. The highest BCUT2D eigenvalue weighted by Crippen LogP contribution is 1.94. The van der Waals surface area contributed by atoms with Crippen LogP contribution >= 0.6 is 0 Å². The summed E-state index contributed by atoms with van der Waals surface area (Å²) in [6.45, 7) is 0.189. The zero-order chi connectivity index (χ0) is 13.4. The molecule has 0 spiro atoms. The van der Waals surface area contributed by atoms with Crippen molar-refractivity contribution in [3.05, 3.63) is 30.1 Å². The molecule has 0 radical (unpaired) electrons. The summed E-state index contributed by atoms with van der Waals surface area (Å²) in [6.07, 6.45) is 3.24. The van der Waals surface area contributed by atoms with E-state index in [0.717, 1.165) is 5.56 Å². The number of aromatic nitrogens is 1. The Hall–Kier alpha value is -2.15. The topological polar surface area (TPSA) is 101 Å².